The number of nitrogens with two attached hydrogens (primary N) is 2. The van der Waals surface area contributed by atoms with Gasteiger partial charge in [0, 0.05) is 19.2 Å². The highest BCUT2D eigenvalue weighted by Crippen LogP contribution is 2.17. The Hall–Kier alpha value is -2.05. The maximum atomic E-state index is 11.2. The van der Waals surface area contributed by atoms with Crippen LogP contribution in [0.1, 0.15) is 20.8 Å². The Bertz CT molecular complexity index is 432. The lowest BCUT2D eigenvalue weighted by Crippen LogP contribution is -2.37. The molecule has 18 heavy (non-hydrogen) atoms. The Kier molecular flexibility index (Phi) is 4.30. The molecule has 0 saturated heterocycles. The van der Waals surface area contributed by atoms with Gasteiger partial charge in [-0.05, 0) is 20.8 Å². The molecule has 1 rings (SSSR count). The van der Waals surface area contributed by atoms with Crippen LogP contribution in [0, 0.1) is 5.41 Å². The number of carbonyl (C=O) groups excluding carboxylic acids is 1. The normalized spacial score (nSPS) is 11.1. The van der Waals surface area contributed by atoms with Gasteiger partial charge < -0.3 is 22.1 Å². The summed E-state index contributed by atoms with van der Waals surface area (Å²) in [5.74, 6) is 1.01. The molecule has 1 heterocycles. The second-order valence-electron chi connectivity index (χ2n) is 4.63. The number of hydrogen-bond donors (Lipinski definition) is 4. The zero-order valence-electron chi connectivity index (χ0n) is 10.9. The number of nitrogens with zero attached hydrogens (tertiary/aromatic N) is 2. The van der Waals surface area contributed by atoms with E-state index in [0.29, 0.717) is 18.2 Å². The summed E-state index contributed by atoms with van der Waals surface area (Å²) in [5.41, 5.74) is 10.2. The highest BCUT2D eigenvalue weighted by molar-refractivity contribution is 5.80. The van der Waals surface area contributed by atoms with Gasteiger partial charge >= 0.3 is 0 Å². The number of rotatable bonds is 6. The Morgan fingerprint density at radius 1 is 1.33 bits per heavy atom. The minimum absolute atomic E-state index is 0.174. The molecule has 0 aliphatic rings. The Morgan fingerprint density at radius 2 is 1.89 bits per heavy atom. The third-order valence-electron chi connectivity index (χ3n) is 2.48. The van der Waals surface area contributed by atoms with Crippen molar-refractivity contribution in [2.24, 2.45) is 11.1 Å². The van der Waals surface area contributed by atoms with Crippen molar-refractivity contribution in [2.45, 2.75) is 20.8 Å². The van der Waals surface area contributed by atoms with Crippen LogP contribution in [-0.2, 0) is 4.79 Å². The number of carbonyl (C=O) groups is 1. The summed E-state index contributed by atoms with van der Waals surface area (Å²) in [5, 5.41) is 6.08. The van der Waals surface area contributed by atoms with Crippen molar-refractivity contribution in [1.82, 2.24) is 9.97 Å². The largest absolute Gasteiger partial charge is 0.370 e. The van der Waals surface area contributed by atoms with Crippen molar-refractivity contribution >= 4 is 23.5 Å². The van der Waals surface area contributed by atoms with Crippen LogP contribution in [0.5, 0.6) is 0 Å². The molecule has 0 aromatic carbocycles. The van der Waals surface area contributed by atoms with Crippen molar-refractivity contribution in [2.75, 3.05) is 29.5 Å². The maximum absolute atomic E-state index is 11.2. The fourth-order valence-corrected chi connectivity index (χ4v) is 1.23. The maximum Gasteiger partial charge on any atom is 0.224 e. The SMILES string of the molecule is CCNc1cc(NCC(C)(C)C(N)=O)nc(N)n1. The molecule has 1 aromatic rings. The number of aromatic nitrogens is 2. The first-order chi connectivity index (χ1) is 8.35. The molecule has 0 aliphatic carbocycles. The highest BCUT2D eigenvalue weighted by atomic mass is 16.1. The minimum Gasteiger partial charge on any atom is -0.370 e. The first-order valence-electron chi connectivity index (χ1n) is 5.77. The third kappa shape index (κ3) is 3.76. The molecule has 0 saturated carbocycles. The molecule has 0 aliphatic heterocycles. The van der Waals surface area contributed by atoms with E-state index in [2.05, 4.69) is 20.6 Å². The van der Waals surface area contributed by atoms with E-state index in [1.807, 2.05) is 6.92 Å². The van der Waals surface area contributed by atoms with Crippen LogP contribution in [0.2, 0.25) is 0 Å². The van der Waals surface area contributed by atoms with Crippen LogP contribution in [0.25, 0.3) is 0 Å². The van der Waals surface area contributed by atoms with Crippen LogP contribution < -0.4 is 22.1 Å². The second-order valence-corrected chi connectivity index (χ2v) is 4.63. The van der Waals surface area contributed by atoms with Gasteiger partial charge in [-0.1, -0.05) is 0 Å². The average Bonchev–Trinajstić information content (AvgIpc) is 2.26. The quantitative estimate of drug-likeness (QED) is 0.582. The van der Waals surface area contributed by atoms with E-state index in [-0.39, 0.29) is 11.9 Å². The average molecular weight is 252 g/mol. The van der Waals surface area contributed by atoms with E-state index in [0.717, 1.165) is 6.54 Å². The first kappa shape index (κ1) is 14.0. The van der Waals surface area contributed by atoms with Crippen molar-refractivity contribution < 1.29 is 4.79 Å². The molecule has 0 unspecified atom stereocenters. The molecular weight excluding hydrogens is 232 g/mol. The van der Waals surface area contributed by atoms with Gasteiger partial charge in [0.05, 0.1) is 5.41 Å². The van der Waals surface area contributed by atoms with Crippen molar-refractivity contribution in [1.29, 1.82) is 0 Å². The van der Waals surface area contributed by atoms with Crippen LogP contribution >= 0.6 is 0 Å². The van der Waals surface area contributed by atoms with E-state index in [9.17, 15) is 4.79 Å². The predicted octanol–water partition coefficient (Wildman–Crippen LogP) is 0.414. The number of primary amides is 1. The number of hydrogen-bond acceptors (Lipinski definition) is 6. The molecule has 7 heteroatoms. The molecule has 1 amide bonds. The molecule has 0 atom stereocenters. The Balaban J connectivity index is 2.76. The summed E-state index contributed by atoms with van der Waals surface area (Å²) in [6, 6.07) is 1.73. The fourth-order valence-electron chi connectivity index (χ4n) is 1.23. The topological polar surface area (TPSA) is 119 Å². The van der Waals surface area contributed by atoms with E-state index < -0.39 is 5.41 Å². The number of nitrogens with one attached hydrogen (secondary N) is 2. The van der Waals surface area contributed by atoms with Gasteiger partial charge in [-0.15, -0.1) is 0 Å². The number of amides is 1. The summed E-state index contributed by atoms with van der Waals surface area (Å²) < 4.78 is 0. The lowest BCUT2D eigenvalue weighted by Gasteiger charge is -2.21. The fraction of sp³-hybridized carbons (Fsp3) is 0.545. The molecule has 0 radical (unpaired) electrons. The molecular formula is C11H20N6O. The molecule has 0 fully saturated rings. The summed E-state index contributed by atoms with van der Waals surface area (Å²) in [4.78, 5) is 19.3. The summed E-state index contributed by atoms with van der Waals surface area (Å²) in [7, 11) is 0. The molecule has 100 valence electrons. The van der Waals surface area contributed by atoms with Gasteiger partial charge in [0.2, 0.25) is 11.9 Å². The van der Waals surface area contributed by atoms with Crippen LogP contribution in [0.4, 0.5) is 17.6 Å². The number of anilines is 3. The zero-order valence-corrected chi connectivity index (χ0v) is 10.9. The van der Waals surface area contributed by atoms with Crippen molar-refractivity contribution in [3.63, 3.8) is 0 Å². The summed E-state index contributed by atoms with van der Waals surface area (Å²) in [6.45, 7) is 6.60. The Labute approximate surface area is 106 Å². The highest BCUT2D eigenvalue weighted by Gasteiger charge is 2.24. The Morgan fingerprint density at radius 3 is 2.39 bits per heavy atom. The minimum atomic E-state index is -0.655. The van der Waals surface area contributed by atoms with Gasteiger partial charge in [0.25, 0.3) is 0 Å². The van der Waals surface area contributed by atoms with E-state index in [1.54, 1.807) is 19.9 Å². The lowest BCUT2D eigenvalue weighted by molar-refractivity contribution is -0.125. The summed E-state index contributed by atoms with van der Waals surface area (Å²) in [6.07, 6.45) is 0. The third-order valence-corrected chi connectivity index (χ3v) is 2.48. The summed E-state index contributed by atoms with van der Waals surface area (Å²) >= 11 is 0. The number of nitrogen functional groups attached to an aromatic ring is 1. The smallest absolute Gasteiger partial charge is 0.224 e. The molecule has 6 N–H and O–H groups in total. The van der Waals surface area contributed by atoms with Crippen LogP contribution in [0.15, 0.2) is 6.07 Å². The van der Waals surface area contributed by atoms with Gasteiger partial charge in [-0.2, -0.15) is 9.97 Å². The van der Waals surface area contributed by atoms with Crippen LogP contribution in [-0.4, -0.2) is 29.0 Å². The van der Waals surface area contributed by atoms with Gasteiger partial charge in [0.1, 0.15) is 11.6 Å². The molecule has 0 spiro atoms. The van der Waals surface area contributed by atoms with Crippen molar-refractivity contribution in [3.8, 4) is 0 Å². The van der Waals surface area contributed by atoms with Crippen molar-refractivity contribution in [3.05, 3.63) is 6.07 Å². The second kappa shape index (κ2) is 5.52. The van der Waals surface area contributed by atoms with E-state index in [1.165, 1.54) is 0 Å². The first-order valence-corrected chi connectivity index (χ1v) is 5.77. The lowest BCUT2D eigenvalue weighted by atomic mass is 9.93. The van der Waals surface area contributed by atoms with Gasteiger partial charge in [0.15, 0.2) is 0 Å². The van der Waals surface area contributed by atoms with Gasteiger partial charge in [-0.25, -0.2) is 0 Å². The van der Waals surface area contributed by atoms with E-state index >= 15 is 0 Å². The van der Waals surface area contributed by atoms with E-state index in [4.69, 9.17) is 11.5 Å². The monoisotopic (exact) mass is 252 g/mol. The molecule has 7 nitrogen and oxygen atoms in total. The van der Waals surface area contributed by atoms with Crippen LogP contribution in [0.3, 0.4) is 0 Å². The zero-order chi connectivity index (χ0) is 13.8. The molecule has 0 bridgehead atoms. The predicted molar refractivity (Wildman–Crippen MR) is 72.1 cm³/mol. The standard InChI is InChI=1S/C11H20N6O/c1-4-14-7-5-8(17-10(13)16-7)15-6-11(2,3)9(12)18/h5H,4,6H2,1-3H3,(H2,12,18)(H4,13,14,15,16,17). The van der Waals surface area contributed by atoms with Gasteiger partial charge in [-0.3, -0.25) is 4.79 Å². The molecule has 1 aromatic heterocycles.